The van der Waals surface area contributed by atoms with Gasteiger partial charge in [-0.05, 0) is 24.6 Å². The Hall–Kier alpha value is -2.93. The van der Waals surface area contributed by atoms with Crippen molar-refractivity contribution in [2.75, 3.05) is 18.7 Å². The van der Waals surface area contributed by atoms with E-state index < -0.39 is 11.8 Å². The van der Waals surface area contributed by atoms with Gasteiger partial charge in [0.2, 0.25) is 6.79 Å². The maximum Gasteiger partial charge on any atom is 0.262 e. The monoisotopic (exact) mass is 362 g/mol. The number of ether oxygens (including phenoxy) is 3. The molecular weight excluding hydrogens is 348 g/mol. The zero-order chi connectivity index (χ0) is 18.0. The lowest BCUT2D eigenvalue weighted by molar-refractivity contribution is -0.118. The van der Waals surface area contributed by atoms with Crippen molar-refractivity contribution in [2.24, 2.45) is 5.73 Å². The highest BCUT2D eigenvalue weighted by molar-refractivity contribution is 6.34. The van der Waals surface area contributed by atoms with Gasteiger partial charge in [0.15, 0.2) is 18.1 Å². The highest BCUT2D eigenvalue weighted by atomic mass is 35.5. The minimum Gasteiger partial charge on any atom is -0.483 e. The molecule has 3 rings (SSSR count). The van der Waals surface area contributed by atoms with E-state index in [1.54, 1.807) is 30.3 Å². The fourth-order valence-corrected chi connectivity index (χ4v) is 2.50. The minimum atomic E-state index is -0.630. The zero-order valence-electron chi connectivity index (χ0n) is 13.3. The van der Waals surface area contributed by atoms with Crippen LogP contribution in [0.5, 0.6) is 17.2 Å². The average Bonchev–Trinajstić information content (AvgIpc) is 3.00. The lowest BCUT2D eigenvalue weighted by atomic mass is 10.1. The van der Waals surface area contributed by atoms with Crippen LogP contribution >= 0.6 is 11.6 Å². The summed E-state index contributed by atoms with van der Waals surface area (Å²) >= 11 is 6.10. The summed E-state index contributed by atoms with van der Waals surface area (Å²) in [6.07, 6.45) is 0. The van der Waals surface area contributed by atoms with Gasteiger partial charge in [0.25, 0.3) is 11.8 Å². The van der Waals surface area contributed by atoms with E-state index in [2.05, 4.69) is 5.32 Å². The molecule has 0 unspecified atom stereocenters. The van der Waals surface area contributed by atoms with Gasteiger partial charge in [-0.2, -0.15) is 0 Å². The highest BCUT2D eigenvalue weighted by Crippen LogP contribution is 2.39. The summed E-state index contributed by atoms with van der Waals surface area (Å²) in [6.45, 7) is 1.63. The van der Waals surface area contributed by atoms with Gasteiger partial charge in [-0.15, -0.1) is 0 Å². The molecule has 8 heteroatoms. The molecule has 2 aromatic carbocycles. The Morgan fingerprint density at radius 2 is 1.96 bits per heavy atom. The summed E-state index contributed by atoms with van der Waals surface area (Å²) in [5.41, 5.74) is 6.76. The van der Waals surface area contributed by atoms with Gasteiger partial charge in [0, 0.05) is 12.1 Å². The molecule has 1 heterocycles. The molecule has 0 bridgehead atoms. The Morgan fingerprint density at radius 3 is 2.68 bits per heavy atom. The average molecular weight is 363 g/mol. The summed E-state index contributed by atoms with van der Waals surface area (Å²) < 4.78 is 15.9. The number of amides is 2. The van der Waals surface area contributed by atoms with Crippen molar-refractivity contribution in [2.45, 2.75) is 6.92 Å². The van der Waals surface area contributed by atoms with E-state index >= 15 is 0 Å². The van der Waals surface area contributed by atoms with Crippen molar-refractivity contribution in [3.8, 4) is 17.2 Å². The number of fused-ring (bicyclic) bond motifs is 1. The molecule has 0 saturated carbocycles. The van der Waals surface area contributed by atoms with Gasteiger partial charge in [-0.3, -0.25) is 9.59 Å². The molecule has 1 aliphatic rings. The van der Waals surface area contributed by atoms with Gasteiger partial charge in [-0.25, -0.2) is 0 Å². The van der Waals surface area contributed by atoms with Crippen LogP contribution in [-0.2, 0) is 4.79 Å². The van der Waals surface area contributed by atoms with Crippen molar-refractivity contribution in [3.05, 3.63) is 46.5 Å². The molecule has 0 radical (unpaired) electrons. The van der Waals surface area contributed by atoms with E-state index in [9.17, 15) is 9.59 Å². The second-order valence-corrected chi connectivity index (χ2v) is 5.79. The highest BCUT2D eigenvalue weighted by Gasteiger charge is 2.18. The molecule has 1 aliphatic heterocycles. The summed E-state index contributed by atoms with van der Waals surface area (Å²) in [5, 5.41) is 2.94. The maximum absolute atomic E-state index is 12.1. The van der Waals surface area contributed by atoms with Crippen LogP contribution in [0.4, 0.5) is 5.69 Å². The number of primary amides is 1. The minimum absolute atomic E-state index is 0.107. The first-order chi connectivity index (χ1) is 11.9. The SMILES string of the molecule is Cc1ccc(C(N)=O)c(OCC(=O)Nc2cc3c(cc2Cl)OCO3)c1. The third kappa shape index (κ3) is 3.77. The van der Waals surface area contributed by atoms with Crippen molar-refractivity contribution in [1.82, 2.24) is 0 Å². The predicted molar refractivity (Wildman–Crippen MR) is 91.4 cm³/mol. The number of aryl methyl sites for hydroxylation is 1. The summed E-state index contributed by atoms with van der Waals surface area (Å²) in [5.74, 6) is 0.187. The largest absolute Gasteiger partial charge is 0.483 e. The fourth-order valence-electron chi connectivity index (χ4n) is 2.30. The number of benzene rings is 2. The molecule has 2 aromatic rings. The molecular formula is C17H15ClN2O5. The van der Waals surface area contributed by atoms with Crippen molar-refractivity contribution in [1.29, 1.82) is 0 Å². The molecule has 25 heavy (non-hydrogen) atoms. The predicted octanol–water partition coefficient (Wildman–Crippen LogP) is 2.49. The number of hydrogen-bond acceptors (Lipinski definition) is 5. The van der Waals surface area contributed by atoms with Gasteiger partial charge in [0.1, 0.15) is 5.75 Å². The summed E-state index contributed by atoms with van der Waals surface area (Å²) in [6, 6.07) is 8.07. The van der Waals surface area contributed by atoms with E-state index in [4.69, 9.17) is 31.5 Å². The molecule has 2 amide bonds. The van der Waals surface area contributed by atoms with Crippen LogP contribution in [0.2, 0.25) is 5.02 Å². The Bertz CT molecular complexity index is 853. The van der Waals surface area contributed by atoms with Crippen molar-refractivity contribution < 1.29 is 23.8 Å². The van der Waals surface area contributed by atoms with Crippen LogP contribution in [0.3, 0.4) is 0 Å². The van der Waals surface area contributed by atoms with Gasteiger partial charge in [-0.1, -0.05) is 17.7 Å². The molecule has 0 atom stereocenters. The fraction of sp³-hybridized carbons (Fsp3) is 0.176. The van der Waals surface area contributed by atoms with Gasteiger partial charge < -0.3 is 25.3 Å². The van der Waals surface area contributed by atoms with E-state index in [0.29, 0.717) is 22.2 Å². The molecule has 0 aromatic heterocycles. The Kier molecular flexibility index (Phi) is 4.67. The number of nitrogens with one attached hydrogen (secondary N) is 1. The third-order valence-electron chi connectivity index (χ3n) is 3.50. The lowest BCUT2D eigenvalue weighted by Gasteiger charge is -2.12. The van der Waals surface area contributed by atoms with Crippen LogP contribution in [0, 0.1) is 6.92 Å². The molecule has 0 saturated heterocycles. The Morgan fingerprint density at radius 1 is 1.24 bits per heavy atom. The standard InChI is InChI=1S/C17H15ClN2O5/c1-9-2-3-10(17(19)22)13(4-9)23-7-16(21)20-12-6-15-14(5-11(12)18)24-8-25-15/h2-6H,7-8H2,1H3,(H2,19,22)(H,20,21). The van der Waals surface area contributed by atoms with Crippen LogP contribution in [0.1, 0.15) is 15.9 Å². The molecule has 3 N–H and O–H groups in total. The number of halogens is 1. The molecule has 0 fully saturated rings. The molecule has 7 nitrogen and oxygen atoms in total. The van der Waals surface area contributed by atoms with E-state index in [1.165, 1.54) is 0 Å². The normalized spacial score (nSPS) is 11.9. The number of hydrogen-bond donors (Lipinski definition) is 2. The first-order valence-electron chi connectivity index (χ1n) is 7.36. The number of carbonyl (C=O) groups excluding carboxylic acids is 2. The Labute approximate surface area is 148 Å². The zero-order valence-corrected chi connectivity index (χ0v) is 14.1. The maximum atomic E-state index is 12.1. The van der Waals surface area contributed by atoms with E-state index in [0.717, 1.165) is 5.56 Å². The second-order valence-electron chi connectivity index (χ2n) is 5.39. The quantitative estimate of drug-likeness (QED) is 0.851. The van der Waals surface area contributed by atoms with Crippen LogP contribution in [-0.4, -0.2) is 25.2 Å². The van der Waals surface area contributed by atoms with Crippen LogP contribution < -0.4 is 25.3 Å². The number of rotatable bonds is 5. The number of anilines is 1. The molecule has 0 aliphatic carbocycles. The molecule has 0 spiro atoms. The summed E-state index contributed by atoms with van der Waals surface area (Å²) in [7, 11) is 0. The number of nitrogens with two attached hydrogens (primary N) is 1. The van der Waals surface area contributed by atoms with Gasteiger partial charge in [0.05, 0.1) is 16.3 Å². The van der Waals surface area contributed by atoms with Crippen LogP contribution in [0.25, 0.3) is 0 Å². The van der Waals surface area contributed by atoms with Gasteiger partial charge >= 0.3 is 0 Å². The Balaban J connectivity index is 1.68. The number of carbonyl (C=O) groups is 2. The van der Waals surface area contributed by atoms with Crippen molar-refractivity contribution >= 4 is 29.1 Å². The molecule has 130 valence electrons. The lowest BCUT2D eigenvalue weighted by Crippen LogP contribution is -2.22. The second kappa shape index (κ2) is 6.90. The van der Waals surface area contributed by atoms with Crippen LogP contribution in [0.15, 0.2) is 30.3 Å². The van der Waals surface area contributed by atoms with E-state index in [-0.39, 0.29) is 24.7 Å². The topological polar surface area (TPSA) is 99.9 Å². The third-order valence-corrected chi connectivity index (χ3v) is 3.81. The summed E-state index contributed by atoms with van der Waals surface area (Å²) in [4.78, 5) is 23.5. The smallest absolute Gasteiger partial charge is 0.262 e. The van der Waals surface area contributed by atoms with E-state index in [1.807, 2.05) is 6.92 Å². The first-order valence-corrected chi connectivity index (χ1v) is 7.74. The first kappa shape index (κ1) is 16.9. The van der Waals surface area contributed by atoms with Crippen molar-refractivity contribution in [3.63, 3.8) is 0 Å².